The molecular weight excluding hydrogens is 227 g/mol. The standard InChI is InChI=1S/C13H29BN2O2/c1-13(15,7-3-4-9-14(17)18)8-12-16-10-5-2-6-11-16/h17-18H,2-12,15H2,1H3. The monoisotopic (exact) mass is 256 g/mol. The molecule has 0 saturated carbocycles. The lowest BCUT2D eigenvalue weighted by Crippen LogP contribution is -2.41. The normalized spacial score (nSPS) is 20.7. The van der Waals surface area contributed by atoms with Crippen molar-refractivity contribution in [3.05, 3.63) is 0 Å². The van der Waals surface area contributed by atoms with Gasteiger partial charge >= 0.3 is 7.12 Å². The molecule has 4 nitrogen and oxygen atoms in total. The van der Waals surface area contributed by atoms with Gasteiger partial charge in [-0.25, -0.2) is 0 Å². The summed E-state index contributed by atoms with van der Waals surface area (Å²) in [4.78, 5) is 2.52. The van der Waals surface area contributed by atoms with Crippen LogP contribution in [-0.4, -0.2) is 47.2 Å². The molecule has 5 heteroatoms. The summed E-state index contributed by atoms with van der Waals surface area (Å²) in [5, 5.41) is 17.5. The van der Waals surface area contributed by atoms with Crippen molar-refractivity contribution in [2.24, 2.45) is 5.73 Å². The van der Waals surface area contributed by atoms with E-state index in [9.17, 15) is 0 Å². The van der Waals surface area contributed by atoms with Crippen LogP contribution in [0.25, 0.3) is 0 Å². The molecule has 1 atom stereocenters. The average molecular weight is 256 g/mol. The Labute approximate surface area is 112 Å². The van der Waals surface area contributed by atoms with E-state index in [4.69, 9.17) is 15.8 Å². The number of nitrogens with two attached hydrogens (primary N) is 1. The molecule has 106 valence electrons. The number of likely N-dealkylation sites (tertiary alicyclic amines) is 1. The summed E-state index contributed by atoms with van der Waals surface area (Å²) in [6.45, 7) is 5.68. The molecule has 0 bridgehead atoms. The van der Waals surface area contributed by atoms with Crippen LogP contribution in [-0.2, 0) is 0 Å². The first-order valence-electron chi connectivity index (χ1n) is 7.37. The lowest BCUT2D eigenvalue weighted by atomic mass is 9.82. The van der Waals surface area contributed by atoms with E-state index in [0.717, 1.165) is 32.2 Å². The maximum Gasteiger partial charge on any atom is 0.451 e. The van der Waals surface area contributed by atoms with Crippen molar-refractivity contribution in [2.75, 3.05) is 19.6 Å². The number of unbranched alkanes of at least 4 members (excludes halogenated alkanes) is 1. The highest BCUT2D eigenvalue weighted by Crippen LogP contribution is 2.18. The molecular formula is C13H29BN2O2. The minimum absolute atomic E-state index is 0.113. The molecule has 1 aliphatic heterocycles. The minimum Gasteiger partial charge on any atom is -0.427 e. The van der Waals surface area contributed by atoms with Crippen LogP contribution in [0.5, 0.6) is 0 Å². The Morgan fingerprint density at radius 1 is 1.11 bits per heavy atom. The SMILES string of the molecule is CC(N)(CCCCB(O)O)CCN1CCCCC1. The largest absolute Gasteiger partial charge is 0.451 e. The highest BCUT2D eigenvalue weighted by atomic mass is 16.4. The van der Waals surface area contributed by atoms with Gasteiger partial charge in [0.15, 0.2) is 0 Å². The van der Waals surface area contributed by atoms with Gasteiger partial charge in [0.05, 0.1) is 0 Å². The van der Waals surface area contributed by atoms with Crippen LogP contribution in [0.4, 0.5) is 0 Å². The van der Waals surface area contributed by atoms with E-state index in [1.807, 2.05) is 0 Å². The maximum absolute atomic E-state index is 8.77. The molecule has 1 rings (SSSR count). The molecule has 1 aliphatic rings. The van der Waals surface area contributed by atoms with Gasteiger partial charge in [-0.05, 0) is 58.6 Å². The van der Waals surface area contributed by atoms with Crippen molar-refractivity contribution in [3.8, 4) is 0 Å². The Morgan fingerprint density at radius 3 is 2.39 bits per heavy atom. The third kappa shape index (κ3) is 7.36. The Bertz CT molecular complexity index is 219. The van der Waals surface area contributed by atoms with E-state index in [1.165, 1.54) is 32.4 Å². The molecule has 1 fully saturated rings. The van der Waals surface area contributed by atoms with Crippen molar-refractivity contribution in [2.45, 2.75) is 63.7 Å². The van der Waals surface area contributed by atoms with E-state index in [-0.39, 0.29) is 5.54 Å². The molecule has 0 aromatic carbocycles. The Hall–Kier alpha value is -0.0951. The Kier molecular flexibility index (Phi) is 7.23. The van der Waals surface area contributed by atoms with Crippen LogP contribution < -0.4 is 5.73 Å². The summed E-state index contributed by atoms with van der Waals surface area (Å²) >= 11 is 0. The van der Waals surface area contributed by atoms with Gasteiger partial charge in [0.2, 0.25) is 0 Å². The zero-order chi connectivity index (χ0) is 13.4. The second kappa shape index (κ2) is 8.15. The molecule has 0 aromatic rings. The van der Waals surface area contributed by atoms with E-state index in [2.05, 4.69) is 11.8 Å². The van der Waals surface area contributed by atoms with Gasteiger partial charge < -0.3 is 20.7 Å². The average Bonchev–Trinajstić information content (AvgIpc) is 2.34. The zero-order valence-electron chi connectivity index (χ0n) is 11.8. The van der Waals surface area contributed by atoms with E-state index in [1.54, 1.807) is 0 Å². The highest BCUT2D eigenvalue weighted by Gasteiger charge is 2.20. The predicted molar refractivity (Wildman–Crippen MR) is 76.4 cm³/mol. The zero-order valence-corrected chi connectivity index (χ0v) is 11.8. The van der Waals surface area contributed by atoms with E-state index < -0.39 is 7.12 Å². The molecule has 1 heterocycles. The summed E-state index contributed by atoms with van der Waals surface area (Å²) in [6.07, 6.45) is 8.31. The van der Waals surface area contributed by atoms with Gasteiger partial charge in [-0.1, -0.05) is 19.3 Å². The predicted octanol–water partition coefficient (Wildman–Crippen LogP) is 1.22. The second-order valence-electron chi connectivity index (χ2n) is 6.03. The number of rotatable bonds is 8. The summed E-state index contributed by atoms with van der Waals surface area (Å²) in [6, 6.07) is 0. The van der Waals surface area contributed by atoms with Gasteiger partial charge in [-0.3, -0.25) is 0 Å². The van der Waals surface area contributed by atoms with Gasteiger partial charge in [0.25, 0.3) is 0 Å². The summed E-state index contributed by atoms with van der Waals surface area (Å²) < 4.78 is 0. The molecule has 0 aromatic heterocycles. The van der Waals surface area contributed by atoms with Gasteiger partial charge in [-0.2, -0.15) is 0 Å². The van der Waals surface area contributed by atoms with Crippen LogP contribution in [0.2, 0.25) is 6.32 Å². The first-order valence-corrected chi connectivity index (χ1v) is 7.37. The molecule has 0 spiro atoms. The first-order chi connectivity index (χ1) is 8.49. The molecule has 4 N–H and O–H groups in total. The van der Waals surface area contributed by atoms with Crippen LogP contribution >= 0.6 is 0 Å². The first kappa shape index (κ1) is 16.0. The van der Waals surface area contributed by atoms with Crippen molar-refractivity contribution in [1.29, 1.82) is 0 Å². The van der Waals surface area contributed by atoms with Crippen molar-refractivity contribution >= 4 is 7.12 Å². The van der Waals surface area contributed by atoms with Crippen molar-refractivity contribution in [1.82, 2.24) is 4.90 Å². The summed E-state index contributed by atoms with van der Waals surface area (Å²) in [7, 11) is -1.16. The topological polar surface area (TPSA) is 69.7 Å². The van der Waals surface area contributed by atoms with Crippen molar-refractivity contribution < 1.29 is 10.0 Å². The van der Waals surface area contributed by atoms with Crippen LogP contribution in [0, 0.1) is 0 Å². The summed E-state index contributed by atoms with van der Waals surface area (Å²) in [5.74, 6) is 0. The molecule has 1 saturated heterocycles. The fourth-order valence-electron chi connectivity index (χ4n) is 2.58. The number of hydrogen-bond donors (Lipinski definition) is 3. The molecule has 0 radical (unpaired) electrons. The van der Waals surface area contributed by atoms with Crippen LogP contribution in [0.3, 0.4) is 0 Å². The summed E-state index contributed by atoms with van der Waals surface area (Å²) in [5.41, 5.74) is 6.19. The fourth-order valence-corrected chi connectivity index (χ4v) is 2.58. The van der Waals surface area contributed by atoms with Gasteiger partial charge in [0, 0.05) is 5.54 Å². The lowest BCUT2D eigenvalue weighted by molar-refractivity contribution is 0.204. The second-order valence-corrected chi connectivity index (χ2v) is 6.03. The third-order valence-corrected chi connectivity index (χ3v) is 3.91. The highest BCUT2D eigenvalue weighted by molar-refractivity contribution is 6.40. The molecule has 18 heavy (non-hydrogen) atoms. The lowest BCUT2D eigenvalue weighted by Gasteiger charge is -2.31. The van der Waals surface area contributed by atoms with Gasteiger partial charge in [0.1, 0.15) is 0 Å². The minimum atomic E-state index is -1.16. The quantitative estimate of drug-likeness (QED) is 0.451. The number of nitrogens with zero attached hydrogens (tertiary/aromatic N) is 1. The van der Waals surface area contributed by atoms with Crippen LogP contribution in [0.15, 0.2) is 0 Å². The maximum atomic E-state index is 8.77. The van der Waals surface area contributed by atoms with E-state index >= 15 is 0 Å². The van der Waals surface area contributed by atoms with Gasteiger partial charge in [-0.15, -0.1) is 0 Å². The van der Waals surface area contributed by atoms with Crippen LogP contribution in [0.1, 0.15) is 51.9 Å². The van der Waals surface area contributed by atoms with E-state index in [0.29, 0.717) is 6.32 Å². The number of hydrogen-bond acceptors (Lipinski definition) is 4. The third-order valence-electron chi connectivity index (χ3n) is 3.91. The van der Waals surface area contributed by atoms with Crippen molar-refractivity contribution in [3.63, 3.8) is 0 Å². The molecule has 1 unspecified atom stereocenters. The number of piperidine rings is 1. The molecule has 0 aliphatic carbocycles. The molecule has 0 amide bonds. The smallest absolute Gasteiger partial charge is 0.427 e. The Balaban J connectivity index is 2.09. The Morgan fingerprint density at radius 2 is 1.78 bits per heavy atom. The fraction of sp³-hybridized carbons (Fsp3) is 1.00.